The van der Waals surface area contributed by atoms with Crippen molar-refractivity contribution in [1.29, 1.82) is 0 Å². The Morgan fingerprint density at radius 2 is 1.74 bits per heavy atom. The van der Waals surface area contributed by atoms with Gasteiger partial charge in [0.25, 0.3) is 5.91 Å². The number of carbonyl (C=O) groups is 1. The van der Waals surface area contributed by atoms with E-state index in [9.17, 15) is 9.18 Å². The highest BCUT2D eigenvalue weighted by molar-refractivity contribution is 5.95. The third kappa shape index (κ3) is 4.22. The van der Waals surface area contributed by atoms with Crippen LogP contribution in [0.3, 0.4) is 0 Å². The topological polar surface area (TPSA) is 80.3 Å². The summed E-state index contributed by atoms with van der Waals surface area (Å²) in [6, 6.07) is 15.7. The van der Waals surface area contributed by atoms with Gasteiger partial charge in [0.15, 0.2) is 0 Å². The normalized spacial score (nSPS) is 15.4. The van der Waals surface area contributed by atoms with E-state index >= 15 is 0 Å². The molecular weight excluding hydrogens is 435 g/mol. The van der Waals surface area contributed by atoms with Crippen LogP contribution in [0.2, 0.25) is 0 Å². The van der Waals surface area contributed by atoms with Crippen molar-refractivity contribution in [2.75, 3.05) is 26.2 Å². The molecule has 0 spiro atoms. The maximum absolute atomic E-state index is 13.2. The molecule has 1 atom stereocenters. The number of halogens is 1. The summed E-state index contributed by atoms with van der Waals surface area (Å²) in [6.45, 7) is 6.45. The zero-order chi connectivity index (χ0) is 23.7. The number of hydrogen-bond donors (Lipinski definition) is 0. The van der Waals surface area contributed by atoms with Crippen LogP contribution in [0.4, 0.5) is 4.39 Å². The average Bonchev–Trinajstić information content (AvgIpc) is 3.52. The fourth-order valence-corrected chi connectivity index (χ4v) is 4.21. The number of nitrogens with zero attached hydrogens (tertiary/aromatic N) is 6. The molecule has 1 fully saturated rings. The summed E-state index contributed by atoms with van der Waals surface area (Å²) in [5, 5.41) is 8.47. The first kappa shape index (κ1) is 22.0. The van der Waals surface area contributed by atoms with E-state index in [0.29, 0.717) is 49.1 Å². The quantitative estimate of drug-likeness (QED) is 0.450. The van der Waals surface area contributed by atoms with Gasteiger partial charge in [-0.1, -0.05) is 35.5 Å². The van der Waals surface area contributed by atoms with Crippen molar-refractivity contribution in [3.63, 3.8) is 0 Å². The van der Waals surface area contributed by atoms with Crippen LogP contribution in [0.5, 0.6) is 0 Å². The Balaban J connectivity index is 1.23. The monoisotopic (exact) mass is 460 g/mol. The third-order valence-corrected chi connectivity index (χ3v) is 6.29. The molecule has 1 unspecified atom stereocenters. The van der Waals surface area contributed by atoms with E-state index in [1.165, 1.54) is 12.1 Å². The van der Waals surface area contributed by atoms with Crippen LogP contribution >= 0.6 is 0 Å². The summed E-state index contributed by atoms with van der Waals surface area (Å²) in [7, 11) is 0. The molecule has 1 saturated heterocycles. The van der Waals surface area contributed by atoms with Gasteiger partial charge in [0.2, 0.25) is 11.7 Å². The number of carbonyl (C=O) groups excluding carboxylic acids is 1. The lowest BCUT2D eigenvalue weighted by Crippen LogP contribution is -2.49. The van der Waals surface area contributed by atoms with Gasteiger partial charge in [-0.2, -0.15) is 10.1 Å². The van der Waals surface area contributed by atoms with E-state index in [2.05, 4.69) is 20.1 Å². The molecule has 34 heavy (non-hydrogen) atoms. The number of aromatic nitrogens is 4. The number of amides is 1. The van der Waals surface area contributed by atoms with Crippen molar-refractivity contribution in [3.05, 3.63) is 83.8 Å². The molecule has 8 nitrogen and oxygen atoms in total. The Morgan fingerprint density at radius 3 is 2.44 bits per heavy atom. The van der Waals surface area contributed by atoms with Crippen LogP contribution in [0, 0.1) is 12.7 Å². The SMILES string of the molecule is Cc1c(C(=O)N2CCN(C(C)c3nc(-c4ccccc4)no3)CC2)cnn1-c1ccc(F)cc1. The fraction of sp³-hybridized carbons (Fsp3) is 0.280. The van der Waals surface area contributed by atoms with Gasteiger partial charge < -0.3 is 9.42 Å². The van der Waals surface area contributed by atoms with Crippen LogP contribution < -0.4 is 0 Å². The maximum Gasteiger partial charge on any atom is 0.257 e. The first-order valence-electron chi connectivity index (χ1n) is 11.2. The zero-order valence-corrected chi connectivity index (χ0v) is 19.1. The zero-order valence-electron chi connectivity index (χ0n) is 19.1. The minimum Gasteiger partial charge on any atom is -0.337 e. The molecule has 1 aliphatic rings. The standard InChI is InChI=1S/C25H25FN6O2/c1-17-22(16-27-32(17)21-10-8-20(26)9-11-21)25(33)31-14-12-30(13-15-31)18(2)24-28-23(29-34-24)19-6-4-3-5-7-19/h3-11,16,18H,12-15H2,1-2H3. The first-order chi connectivity index (χ1) is 16.5. The van der Waals surface area contributed by atoms with Crippen molar-refractivity contribution < 1.29 is 13.7 Å². The Morgan fingerprint density at radius 1 is 1.03 bits per heavy atom. The second-order valence-electron chi connectivity index (χ2n) is 8.36. The highest BCUT2D eigenvalue weighted by Crippen LogP contribution is 2.24. The van der Waals surface area contributed by atoms with Crippen molar-refractivity contribution in [2.24, 2.45) is 0 Å². The molecule has 0 bridgehead atoms. The van der Waals surface area contributed by atoms with Gasteiger partial charge in [0.1, 0.15) is 5.82 Å². The molecule has 0 saturated carbocycles. The Labute approximate surface area is 196 Å². The molecule has 5 rings (SSSR count). The number of piperazine rings is 1. The van der Waals surface area contributed by atoms with E-state index in [-0.39, 0.29) is 17.8 Å². The predicted molar refractivity (Wildman–Crippen MR) is 124 cm³/mol. The molecule has 3 heterocycles. The smallest absolute Gasteiger partial charge is 0.257 e. The minimum atomic E-state index is -0.311. The second kappa shape index (κ2) is 9.18. The molecule has 174 valence electrons. The summed E-state index contributed by atoms with van der Waals surface area (Å²) < 4.78 is 20.4. The lowest BCUT2D eigenvalue weighted by atomic mass is 10.1. The second-order valence-corrected chi connectivity index (χ2v) is 8.36. The molecule has 1 aliphatic heterocycles. The molecule has 1 amide bonds. The summed E-state index contributed by atoms with van der Waals surface area (Å²) in [5.74, 6) is 0.774. The Bertz CT molecular complexity index is 1280. The van der Waals surface area contributed by atoms with Crippen molar-refractivity contribution in [3.8, 4) is 17.1 Å². The van der Waals surface area contributed by atoms with E-state index in [1.807, 2.05) is 49.1 Å². The summed E-state index contributed by atoms with van der Waals surface area (Å²) in [4.78, 5) is 21.8. The van der Waals surface area contributed by atoms with Gasteiger partial charge in [0, 0.05) is 31.7 Å². The summed E-state index contributed by atoms with van der Waals surface area (Å²) in [6.07, 6.45) is 1.58. The molecule has 0 radical (unpaired) electrons. The molecule has 0 aliphatic carbocycles. The minimum absolute atomic E-state index is 0.0508. The van der Waals surface area contributed by atoms with Gasteiger partial charge in [-0.05, 0) is 38.1 Å². The molecule has 9 heteroatoms. The molecular formula is C25H25FN6O2. The predicted octanol–water partition coefficient (Wildman–Crippen LogP) is 3.89. The highest BCUT2D eigenvalue weighted by atomic mass is 19.1. The van der Waals surface area contributed by atoms with Crippen molar-refractivity contribution in [1.82, 2.24) is 29.7 Å². The number of rotatable bonds is 5. The first-order valence-corrected chi connectivity index (χ1v) is 11.2. The molecule has 0 N–H and O–H groups in total. The van der Waals surface area contributed by atoms with Crippen LogP contribution in [0.15, 0.2) is 65.3 Å². The average molecular weight is 461 g/mol. The van der Waals surface area contributed by atoms with Crippen molar-refractivity contribution in [2.45, 2.75) is 19.9 Å². The van der Waals surface area contributed by atoms with Gasteiger partial charge in [-0.25, -0.2) is 9.07 Å². The van der Waals surface area contributed by atoms with Crippen LogP contribution in [0.1, 0.15) is 34.9 Å². The van der Waals surface area contributed by atoms with Gasteiger partial charge >= 0.3 is 0 Å². The third-order valence-electron chi connectivity index (χ3n) is 6.29. The fourth-order valence-electron chi connectivity index (χ4n) is 4.21. The van der Waals surface area contributed by atoms with Crippen LogP contribution in [0.25, 0.3) is 17.1 Å². The van der Waals surface area contributed by atoms with Crippen molar-refractivity contribution >= 4 is 5.91 Å². The molecule has 2 aromatic heterocycles. The molecule has 2 aromatic carbocycles. The number of hydrogen-bond acceptors (Lipinski definition) is 6. The lowest BCUT2D eigenvalue weighted by Gasteiger charge is -2.36. The van der Waals surface area contributed by atoms with Gasteiger partial charge in [-0.3, -0.25) is 9.69 Å². The summed E-state index contributed by atoms with van der Waals surface area (Å²) in [5.41, 5.74) is 2.91. The molecule has 4 aromatic rings. The van der Waals surface area contributed by atoms with Gasteiger partial charge in [0.05, 0.1) is 29.2 Å². The van der Waals surface area contributed by atoms with E-state index in [1.54, 1.807) is 23.0 Å². The lowest BCUT2D eigenvalue weighted by molar-refractivity contribution is 0.0551. The summed E-state index contributed by atoms with van der Waals surface area (Å²) >= 11 is 0. The Hall–Kier alpha value is -3.85. The van der Waals surface area contributed by atoms with E-state index in [4.69, 9.17) is 4.52 Å². The van der Waals surface area contributed by atoms with E-state index < -0.39 is 0 Å². The van der Waals surface area contributed by atoms with Crippen LogP contribution in [-0.2, 0) is 0 Å². The van der Waals surface area contributed by atoms with E-state index in [0.717, 1.165) is 11.3 Å². The Kier molecular flexibility index (Phi) is 5.93. The number of benzene rings is 2. The van der Waals surface area contributed by atoms with Gasteiger partial charge in [-0.15, -0.1) is 0 Å². The van der Waals surface area contributed by atoms with Crippen LogP contribution in [-0.4, -0.2) is 61.8 Å². The maximum atomic E-state index is 13.2. The highest BCUT2D eigenvalue weighted by Gasteiger charge is 2.29. The largest absolute Gasteiger partial charge is 0.337 e.